The summed E-state index contributed by atoms with van der Waals surface area (Å²) < 4.78 is 10.6. The third-order valence-electron chi connectivity index (χ3n) is 3.14. The van der Waals surface area contributed by atoms with Gasteiger partial charge < -0.3 is 9.47 Å². The molecule has 0 aromatic heterocycles. The molecule has 1 aromatic rings. The minimum Gasteiger partial charge on any atom is -0.496 e. The maximum absolute atomic E-state index is 12.4. The lowest BCUT2D eigenvalue weighted by molar-refractivity contribution is -0.143. The number of ether oxygens (including phenoxy) is 2. The number of hydrogen-bond acceptors (Lipinski definition) is 6. The van der Waals surface area contributed by atoms with E-state index in [-0.39, 0.29) is 24.8 Å². The van der Waals surface area contributed by atoms with Crippen molar-refractivity contribution in [1.29, 1.82) is 0 Å². The van der Waals surface area contributed by atoms with Gasteiger partial charge in [0.15, 0.2) is 0 Å². The molecule has 1 aliphatic rings. The van der Waals surface area contributed by atoms with Crippen LogP contribution in [0.1, 0.15) is 18.9 Å². The van der Waals surface area contributed by atoms with Gasteiger partial charge in [-0.3, -0.25) is 14.5 Å². The fraction of sp³-hybridized carbons (Fsp3) is 0.312. The van der Waals surface area contributed by atoms with Crippen molar-refractivity contribution < 1.29 is 19.1 Å². The van der Waals surface area contributed by atoms with Crippen molar-refractivity contribution in [3.63, 3.8) is 0 Å². The Kier molecular flexibility index (Phi) is 6.18. The molecule has 0 spiro atoms. The molecule has 0 unspecified atom stereocenters. The number of hydrogen-bond donors (Lipinski definition) is 0. The first-order valence-electron chi connectivity index (χ1n) is 7.10. The van der Waals surface area contributed by atoms with Crippen LogP contribution in [0.3, 0.4) is 0 Å². The number of thiocarbonyl (C=S) groups is 1. The molecule has 122 valence electrons. The number of thioether (sulfide) groups is 1. The lowest BCUT2D eigenvalue weighted by Crippen LogP contribution is -2.30. The molecule has 1 aliphatic heterocycles. The first-order chi connectivity index (χ1) is 11.1. The highest BCUT2D eigenvalue weighted by Crippen LogP contribution is 2.34. The Bertz CT molecular complexity index is 657. The topological polar surface area (TPSA) is 55.8 Å². The van der Waals surface area contributed by atoms with Crippen molar-refractivity contribution in [2.24, 2.45) is 0 Å². The van der Waals surface area contributed by atoms with Crippen LogP contribution in [0, 0.1) is 0 Å². The average Bonchev–Trinajstić information content (AvgIpc) is 2.80. The summed E-state index contributed by atoms with van der Waals surface area (Å²) in [4.78, 5) is 25.8. The van der Waals surface area contributed by atoms with E-state index in [1.807, 2.05) is 24.3 Å². The van der Waals surface area contributed by atoms with Crippen molar-refractivity contribution in [1.82, 2.24) is 4.90 Å². The molecule has 1 fully saturated rings. The number of esters is 1. The van der Waals surface area contributed by atoms with Gasteiger partial charge in [0, 0.05) is 12.1 Å². The third kappa shape index (κ3) is 4.33. The van der Waals surface area contributed by atoms with Gasteiger partial charge in [0.2, 0.25) is 0 Å². The Morgan fingerprint density at radius 2 is 2.13 bits per heavy atom. The van der Waals surface area contributed by atoms with Gasteiger partial charge in [-0.1, -0.05) is 42.2 Å². The minimum absolute atomic E-state index is 0.127. The minimum atomic E-state index is -0.338. The summed E-state index contributed by atoms with van der Waals surface area (Å²) >= 11 is 6.45. The number of nitrogens with zero attached hydrogens (tertiary/aromatic N) is 1. The molecular weight excluding hydrogens is 334 g/mol. The van der Waals surface area contributed by atoms with E-state index in [0.717, 1.165) is 5.56 Å². The standard InChI is InChI=1S/C16H17NO4S2/c1-3-21-14(18)8-9-17-15(19)13(23-16(17)22)10-11-6-4-5-7-12(11)20-2/h4-7,10H,3,8-9H2,1-2H3/b13-10+. The van der Waals surface area contributed by atoms with Gasteiger partial charge in [0.05, 0.1) is 25.0 Å². The number of carbonyl (C=O) groups is 2. The Morgan fingerprint density at radius 1 is 1.39 bits per heavy atom. The van der Waals surface area contributed by atoms with Gasteiger partial charge in [0.1, 0.15) is 10.1 Å². The van der Waals surface area contributed by atoms with E-state index in [1.165, 1.54) is 16.7 Å². The molecular formula is C16H17NO4S2. The predicted molar refractivity (Wildman–Crippen MR) is 94.1 cm³/mol. The van der Waals surface area contributed by atoms with E-state index < -0.39 is 0 Å². The molecule has 7 heteroatoms. The second-order valence-electron chi connectivity index (χ2n) is 4.63. The van der Waals surface area contributed by atoms with Crippen LogP contribution in [0.25, 0.3) is 6.08 Å². The molecule has 0 saturated carbocycles. The summed E-state index contributed by atoms with van der Waals surface area (Å²) in [5, 5.41) is 0. The number of rotatable bonds is 6. The average molecular weight is 351 g/mol. The monoisotopic (exact) mass is 351 g/mol. The van der Waals surface area contributed by atoms with Crippen molar-refractivity contribution >= 4 is 46.3 Å². The molecule has 0 bridgehead atoms. The highest BCUT2D eigenvalue weighted by atomic mass is 32.2. The molecule has 1 saturated heterocycles. The van der Waals surface area contributed by atoms with E-state index in [0.29, 0.717) is 21.6 Å². The van der Waals surface area contributed by atoms with Crippen LogP contribution in [-0.4, -0.2) is 41.4 Å². The predicted octanol–water partition coefficient (Wildman–Crippen LogP) is 2.85. The van der Waals surface area contributed by atoms with E-state index in [2.05, 4.69) is 0 Å². The number of amides is 1. The smallest absolute Gasteiger partial charge is 0.307 e. The van der Waals surface area contributed by atoms with Gasteiger partial charge in [-0.05, 0) is 19.1 Å². The maximum atomic E-state index is 12.4. The van der Waals surface area contributed by atoms with Gasteiger partial charge in [0.25, 0.3) is 5.91 Å². The fourth-order valence-electron chi connectivity index (χ4n) is 2.06. The molecule has 1 aromatic carbocycles. The van der Waals surface area contributed by atoms with Crippen LogP contribution in [0.2, 0.25) is 0 Å². The summed E-state index contributed by atoms with van der Waals surface area (Å²) in [6.45, 7) is 2.30. The highest BCUT2D eigenvalue weighted by Gasteiger charge is 2.32. The number of methoxy groups -OCH3 is 1. The zero-order chi connectivity index (χ0) is 16.8. The zero-order valence-electron chi connectivity index (χ0n) is 12.9. The molecule has 0 N–H and O–H groups in total. The SMILES string of the molecule is CCOC(=O)CCN1C(=O)/C(=C\c2ccccc2OC)SC1=S. The van der Waals surface area contributed by atoms with Gasteiger partial charge >= 0.3 is 5.97 Å². The van der Waals surface area contributed by atoms with Crippen LogP contribution in [-0.2, 0) is 14.3 Å². The lowest BCUT2D eigenvalue weighted by atomic mass is 10.2. The Hall–Kier alpha value is -1.86. The largest absolute Gasteiger partial charge is 0.496 e. The number of benzene rings is 1. The lowest BCUT2D eigenvalue weighted by Gasteiger charge is -2.13. The normalized spacial score (nSPS) is 16.1. The van der Waals surface area contributed by atoms with Crippen molar-refractivity contribution in [2.75, 3.05) is 20.3 Å². The third-order valence-corrected chi connectivity index (χ3v) is 4.52. The second kappa shape index (κ2) is 8.12. The first-order valence-corrected chi connectivity index (χ1v) is 8.33. The molecule has 0 radical (unpaired) electrons. The van der Waals surface area contributed by atoms with Gasteiger partial charge in [-0.15, -0.1) is 0 Å². The van der Waals surface area contributed by atoms with Crippen LogP contribution in [0.5, 0.6) is 5.75 Å². The molecule has 0 atom stereocenters. The van der Waals surface area contributed by atoms with Crippen molar-refractivity contribution in [3.8, 4) is 5.75 Å². The van der Waals surface area contributed by atoms with E-state index in [4.69, 9.17) is 21.7 Å². The number of carbonyl (C=O) groups excluding carboxylic acids is 2. The first kappa shape index (κ1) is 17.5. The Labute approximate surface area is 144 Å². The summed E-state index contributed by atoms with van der Waals surface area (Å²) in [5.41, 5.74) is 0.806. The molecule has 5 nitrogen and oxygen atoms in total. The van der Waals surface area contributed by atoms with Gasteiger partial charge in [-0.25, -0.2) is 0 Å². The molecule has 1 heterocycles. The fourth-order valence-corrected chi connectivity index (χ4v) is 3.36. The van der Waals surface area contributed by atoms with E-state index in [1.54, 1.807) is 20.1 Å². The van der Waals surface area contributed by atoms with Gasteiger partial charge in [-0.2, -0.15) is 0 Å². The summed E-state index contributed by atoms with van der Waals surface area (Å²) in [6.07, 6.45) is 1.88. The van der Waals surface area contributed by atoms with E-state index >= 15 is 0 Å². The summed E-state index contributed by atoms with van der Waals surface area (Å²) in [5.74, 6) is 0.148. The van der Waals surface area contributed by atoms with Crippen molar-refractivity contribution in [3.05, 3.63) is 34.7 Å². The van der Waals surface area contributed by atoms with Crippen LogP contribution in [0.15, 0.2) is 29.2 Å². The molecule has 23 heavy (non-hydrogen) atoms. The summed E-state index contributed by atoms with van der Waals surface area (Å²) in [6, 6.07) is 7.42. The van der Waals surface area contributed by atoms with E-state index in [9.17, 15) is 9.59 Å². The number of para-hydroxylation sites is 1. The second-order valence-corrected chi connectivity index (χ2v) is 6.31. The van der Waals surface area contributed by atoms with Crippen molar-refractivity contribution in [2.45, 2.75) is 13.3 Å². The maximum Gasteiger partial charge on any atom is 0.307 e. The molecule has 0 aliphatic carbocycles. The quantitative estimate of drug-likeness (QED) is 0.446. The Balaban J connectivity index is 2.11. The summed E-state index contributed by atoms with van der Waals surface area (Å²) in [7, 11) is 1.58. The molecule has 1 amide bonds. The van der Waals surface area contributed by atoms with Crippen LogP contribution >= 0.6 is 24.0 Å². The van der Waals surface area contributed by atoms with Crippen LogP contribution < -0.4 is 4.74 Å². The molecule has 2 rings (SSSR count). The Morgan fingerprint density at radius 3 is 2.83 bits per heavy atom. The van der Waals surface area contributed by atoms with Crippen LogP contribution in [0.4, 0.5) is 0 Å². The highest BCUT2D eigenvalue weighted by molar-refractivity contribution is 8.26. The zero-order valence-corrected chi connectivity index (χ0v) is 14.5.